The number of ether oxygens (including phenoxy) is 1. The summed E-state index contributed by atoms with van der Waals surface area (Å²) in [4.78, 5) is 22.9. The van der Waals surface area contributed by atoms with E-state index < -0.39 is 10.8 Å². The standard InChI is InChI=1S/C18H21N3O4/c1-18(2,3)12-6-8-16(25-4)14(10-12)20-17(22)11-5-7-13(19)15(9-11)21(23)24/h5-10H,19H2,1-4H3,(H,20,22). The van der Waals surface area contributed by atoms with Crippen LogP contribution in [0.4, 0.5) is 17.1 Å². The van der Waals surface area contributed by atoms with E-state index in [4.69, 9.17) is 10.5 Å². The first-order valence-corrected chi connectivity index (χ1v) is 7.67. The highest BCUT2D eigenvalue weighted by Crippen LogP contribution is 2.32. The molecule has 2 rings (SSSR count). The Morgan fingerprint density at radius 3 is 2.44 bits per heavy atom. The summed E-state index contributed by atoms with van der Waals surface area (Å²) >= 11 is 0. The first kappa shape index (κ1) is 18.3. The number of benzene rings is 2. The lowest BCUT2D eigenvalue weighted by atomic mass is 9.87. The van der Waals surface area contributed by atoms with Gasteiger partial charge in [-0.2, -0.15) is 0 Å². The summed E-state index contributed by atoms with van der Waals surface area (Å²) in [7, 11) is 1.51. The Balaban J connectivity index is 2.37. The normalized spacial score (nSPS) is 11.0. The molecule has 2 aromatic carbocycles. The molecular formula is C18H21N3O4. The maximum atomic E-state index is 12.5. The van der Waals surface area contributed by atoms with Crippen molar-refractivity contribution in [3.63, 3.8) is 0 Å². The van der Waals surface area contributed by atoms with Crippen molar-refractivity contribution in [3.8, 4) is 5.75 Å². The van der Waals surface area contributed by atoms with E-state index >= 15 is 0 Å². The molecule has 0 radical (unpaired) electrons. The highest BCUT2D eigenvalue weighted by molar-refractivity contribution is 6.05. The molecule has 0 aliphatic heterocycles. The molecule has 7 nitrogen and oxygen atoms in total. The lowest BCUT2D eigenvalue weighted by Crippen LogP contribution is -2.16. The van der Waals surface area contributed by atoms with Crippen molar-refractivity contribution in [1.82, 2.24) is 0 Å². The minimum absolute atomic E-state index is 0.00820. The number of anilines is 2. The van der Waals surface area contributed by atoms with Crippen LogP contribution in [0.2, 0.25) is 0 Å². The van der Waals surface area contributed by atoms with Crippen LogP contribution in [0.1, 0.15) is 36.7 Å². The molecule has 0 unspecified atom stereocenters. The second-order valence-electron chi connectivity index (χ2n) is 6.65. The zero-order valence-electron chi connectivity index (χ0n) is 14.6. The second kappa shape index (κ2) is 6.80. The van der Waals surface area contributed by atoms with Gasteiger partial charge in [0.2, 0.25) is 0 Å². The van der Waals surface area contributed by atoms with Crippen molar-refractivity contribution in [3.05, 3.63) is 57.6 Å². The molecule has 0 saturated carbocycles. The molecule has 7 heteroatoms. The van der Waals surface area contributed by atoms with Crippen LogP contribution in [-0.4, -0.2) is 17.9 Å². The molecule has 3 N–H and O–H groups in total. The van der Waals surface area contributed by atoms with E-state index in [0.29, 0.717) is 11.4 Å². The largest absolute Gasteiger partial charge is 0.495 e. The van der Waals surface area contributed by atoms with E-state index in [0.717, 1.165) is 11.6 Å². The summed E-state index contributed by atoms with van der Waals surface area (Å²) in [5, 5.41) is 13.7. The number of nitrogens with one attached hydrogen (secondary N) is 1. The number of amides is 1. The molecule has 0 heterocycles. The second-order valence-corrected chi connectivity index (χ2v) is 6.65. The highest BCUT2D eigenvalue weighted by Gasteiger charge is 2.19. The molecule has 25 heavy (non-hydrogen) atoms. The molecule has 0 aliphatic rings. The van der Waals surface area contributed by atoms with Gasteiger partial charge < -0.3 is 15.8 Å². The Kier molecular flexibility index (Phi) is 4.97. The Bertz CT molecular complexity index is 826. The lowest BCUT2D eigenvalue weighted by molar-refractivity contribution is -0.383. The number of rotatable bonds is 4. The van der Waals surface area contributed by atoms with Crippen LogP contribution in [0.5, 0.6) is 5.75 Å². The summed E-state index contributed by atoms with van der Waals surface area (Å²) < 4.78 is 5.29. The average molecular weight is 343 g/mol. The molecule has 1 amide bonds. The topological polar surface area (TPSA) is 107 Å². The molecule has 0 saturated heterocycles. The molecule has 2 aromatic rings. The van der Waals surface area contributed by atoms with Crippen LogP contribution in [-0.2, 0) is 5.41 Å². The summed E-state index contributed by atoms with van der Waals surface area (Å²) in [6.45, 7) is 6.18. The maximum absolute atomic E-state index is 12.5. The maximum Gasteiger partial charge on any atom is 0.292 e. The van der Waals surface area contributed by atoms with Crippen molar-refractivity contribution >= 4 is 23.0 Å². The smallest absolute Gasteiger partial charge is 0.292 e. The van der Waals surface area contributed by atoms with E-state index in [9.17, 15) is 14.9 Å². The predicted octanol–water partition coefficient (Wildman–Crippen LogP) is 3.74. The summed E-state index contributed by atoms with van der Waals surface area (Å²) in [6, 6.07) is 9.49. The lowest BCUT2D eigenvalue weighted by Gasteiger charge is -2.21. The number of nitrogen functional groups attached to an aromatic ring is 1. The Labute approximate surface area is 145 Å². The number of nitrogens with two attached hydrogens (primary N) is 1. The number of hydrogen-bond donors (Lipinski definition) is 2. The minimum Gasteiger partial charge on any atom is -0.495 e. The Morgan fingerprint density at radius 2 is 1.88 bits per heavy atom. The molecule has 0 fully saturated rings. The quantitative estimate of drug-likeness (QED) is 0.499. The number of methoxy groups -OCH3 is 1. The third-order valence-corrected chi connectivity index (χ3v) is 3.80. The van der Waals surface area contributed by atoms with E-state index in [1.54, 1.807) is 6.07 Å². The number of carbonyl (C=O) groups is 1. The number of hydrogen-bond acceptors (Lipinski definition) is 5. The van der Waals surface area contributed by atoms with Gasteiger partial charge in [0.15, 0.2) is 0 Å². The number of nitrogens with zero attached hydrogens (tertiary/aromatic N) is 1. The monoisotopic (exact) mass is 343 g/mol. The molecule has 0 aromatic heterocycles. The van der Waals surface area contributed by atoms with E-state index in [2.05, 4.69) is 26.1 Å². The SMILES string of the molecule is COc1ccc(C(C)(C)C)cc1NC(=O)c1ccc(N)c([N+](=O)[O-])c1. The van der Waals surface area contributed by atoms with Gasteiger partial charge in [0.25, 0.3) is 11.6 Å². The minimum atomic E-state index is -0.618. The number of carbonyl (C=O) groups excluding carboxylic acids is 1. The average Bonchev–Trinajstić information content (AvgIpc) is 2.54. The third kappa shape index (κ3) is 4.06. The zero-order valence-corrected chi connectivity index (χ0v) is 14.6. The van der Waals surface area contributed by atoms with Gasteiger partial charge in [0.05, 0.1) is 17.7 Å². The van der Waals surface area contributed by atoms with Gasteiger partial charge in [-0.05, 0) is 35.2 Å². The van der Waals surface area contributed by atoms with Crippen LogP contribution in [0.3, 0.4) is 0 Å². The van der Waals surface area contributed by atoms with Crippen LogP contribution in [0, 0.1) is 10.1 Å². The Morgan fingerprint density at radius 1 is 1.20 bits per heavy atom. The molecule has 0 spiro atoms. The van der Waals surface area contributed by atoms with E-state index in [-0.39, 0.29) is 22.4 Å². The Hall–Kier alpha value is -3.09. The zero-order chi connectivity index (χ0) is 18.8. The van der Waals surface area contributed by atoms with Gasteiger partial charge in [-0.3, -0.25) is 14.9 Å². The van der Waals surface area contributed by atoms with Gasteiger partial charge >= 0.3 is 0 Å². The number of nitro groups is 1. The van der Waals surface area contributed by atoms with Crippen LogP contribution in [0.25, 0.3) is 0 Å². The van der Waals surface area contributed by atoms with Crippen LogP contribution < -0.4 is 15.8 Å². The number of nitro benzene ring substituents is 1. The van der Waals surface area contributed by atoms with Gasteiger partial charge in [0.1, 0.15) is 11.4 Å². The first-order chi connectivity index (χ1) is 11.6. The molecule has 0 aliphatic carbocycles. The molecular weight excluding hydrogens is 322 g/mol. The molecule has 132 valence electrons. The van der Waals surface area contributed by atoms with Crippen molar-refractivity contribution in [2.45, 2.75) is 26.2 Å². The van der Waals surface area contributed by atoms with Crippen molar-refractivity contribution in [2.75, 3.05) is 18.2 Å². The molecule has 0 bridgehead atoms. The van der Waals surface area contributed by atoms with Crippen LogP contribution >= 0.6 is 0 Å². The fraction of sp³-hybridized carbons (Fsp3) is 0.278. The van der Waals surface area contributed by atoms with Crippen molar-refractivity contribution in [2.24, 2.45) is 0 Å². The predicted molar refractivity (Wildman–Crippen MR) is 97.2 cm³/mol. The van der Waals surface area contributed by atoms with Gasteiger partial charge in [-0.15, -0.1) is 0 Å². The van der Waals surface area contributed by atoms with Gasteiger partial charge in [-0.25, -0.2) is 0 Å². The third-order valence-electron chi connectivity index (χ3n) is 3.80. The summed E-state index contributed by atoms with van der Waals surface area (Å²) in [5.41, 5.74) is 6.83. The van der Waals surface area contributed by atoms with E-state index in [1.165, 1.54) is 19.2 Å². The summed E-state index contributed by atoms with van der Waals surface area (Å²) in [5.74, 6) is 0.0266. The van der Waals surface area contributed by atoms with E-state index in [1.807, 2.05) is 12.1 Å². The first-order valence-electron chi connectivity index (χ1n) is 7.67. The highest BCUT2D eigenvalue weighted by atomic mass is 16.6. The van der Waals surface area contributed by atoms with Crippen molar-refractivity contribution in [1.29, 1.82) is 0 Å². The van der Waals surface area contributed by atoms with Gasteiger partial charge in [0, 0.05) is 11.6 Å². The molecule has 0 atom stereocenters. The summed E-state index contributed by atoms with van der Waals surface area (Å²) in [6.07, 6.45) is 0. The van der Waals surface area contributed by atoms with Crippen LogP contribution in [0.15, 0.2) is 36.4 Å². The fourth-order valence-corrected chi connectivity index (χ4v) is 2.31. The van der Waals surface area contributed by atoms with Crippen molar-refractivity contribution < 1.29 is 14.5 Å². The fourth-order valence-electron chi connectivity index (χ4n) is 2.31. The van der Waals surface area contributed by atoms with Gasteiger partial charge in [-0.1, -0.05) is 26.8 Å².